The van der Waals surface area contributed by atoms with Crippen molar-refractivity contribution in [2.24, 2.45) is 0 Å². The minimum atomic E-state index is 0.730. The van der Waals surface area contributed by atoms with Crippen LogP contribution in [0.15, 0.2) is 176 Å². The Morgan fingerprint density at radius 2 is 0.894 bits per heavy atom. The van der Waals surface area contributed by atoms with Gasteiger partial charge in [0.25, 0.3) is 0 Å². The highest BCUT2D eigenvalue weighted by Crippen LogP contribution is 2.37. The first-order valence-electron chi connectivity index (χ1n) is 15.9. The number of hydrogen-bond donors (Lipinski definition) is 0. The van der Waals surface area contributed by atoms with Gasteiger partial charge in [0, 0.05) is 33.0 Å². The summed E-state index contributed by atoms with van der Waals surface area (Å²) in [5.74, 6) is 0.730. The number of para-hydroxylation sites is 1. The van der Waals surface area contributed by atoms with Crippen molar-refractivity contribution in [3.63, 3.8) is 0 Å². The molecule has 0 atom stereocenters. The average molecular weight is 600 g/mol. The first-order chi connectivity index (χ1) is 23.3. The van der Waals surface area contributed by atoms with Crippen molar-refractivity contribution in [2.45, 2.75) is 0 Å². The van der Waals surface area contributed by atoms with Crippen molar-refractivity contribution in [3.8, 4) is 50.6 Å². The summed E-state index contributed by atoms with van der Waals surface area (Å²) in [4.78, 5) is 10.1. The minimum Gasteiger partial charge on any atom is -0.309 e. The molecule has 2 heterocycles. The third-order valence-corrected chi connectivity index (χ3v) is 9.01. The quantitative estimate of drug-likeness (QED) is 0.197. The molecule has 0 spiro atoms. The van der Waals surface area contributed by atoms with E-state index in [1.807, 2.05) is 24.3 Å². The first kappa shape index (κ1) is 27.0. The third kappa shape index (κ3) is 4.77. The van der Waals surface area contributed by atoms with E-state index < -0.39 is 0 Å². The van der Waals surface area contributed by atoms with E-state index >= 15 is 0 Å². The van der Waals surface area contributed by atoms with Crippen LogP contribution in [0.4, 0.5) is 0 Å². The summed E-state index contributed by atoms with van der Waals surface area (Å²) in [5, 5.41) is 3.51. The van der Waals surface area contributed by atoms with E-state index in [-0.39, 0.29) is 0 Å². The van der Waals surface area contributed by atoms with Crippen molar-refractivity contribution < 1.29 is 0 Å². The number of fused-ring (bicyclic) bond motifs is 4. The van der Waals surface area contributed by atoms with Crippen molar-refractivity contribution >= 4 is 32.7 Å². The van der Waals surface area contributed by atoms with Crippen molar-refractivity contribution in [3.05, 3.63) is 176 Å². The first-order valence-corrected chi connectivity index (χ1v) is 15.9. The van der Waals surface area contributed by atoms with Crippen LogP contribution in [0.25, 0.3) is 83.3 Å². The van der Waals surface area contributed by atoms with Crippen LogP contribution in [0.5, 0.6) is 0 Å². The second-order valence-electron chi connectivity index (χ2n) is 11.9. The summed E-state index contributed by atoms with van der Waals surface area (Å²) in [5.41, 5.74) is 12.1. The van der Waals surface area contributed by atoms with Gasteiger partial charge in [-0.05, 0) is 58.7 Å². The lowest BCUT2D eigenvalue weighted by Crippen LogP contribution is -1.96. The number of aromatic nitrogens is 3. The smallest absolute Gasteiger partial charge is 0.160 e. The highest BCUT2D eigenvalue weighted by Gasteiger charge is 2.16. The molecule has 0 aliphatic rings. The SMILES string of the molecule is c1ccc(-c2ccc(-n3c4ccccc4c4ccc(-c5ccc6nc(-c7ccccc7)nc(-c7ccccc7)c6c5)cc43)cc2)cc1. The molecule has 9 rings (SSSR count). The van der Waals surface area contributed by atoms with Crippen LogP contribution in [-0.2, 0) is 0 Å². The molecule has 3 heteroatoms. The van der Waals surface area contributed by atoms with Gasteiger partial charge in [-0.1, -0.05) is 140 Å². The highest BCUT2D eigenvalue weighted by atomic mass is 15.0. The molecule has 220 valence electrons. The van der Waals surface area contributed by atoms with Gasteiger partial charge < -0.3 is 4.57 Å². The average Bonchev–Trinajstić information content (AvgIpc) is 3.49. The number of rotatable bonds is 5. The fraction of sp³-hybridized carbons (Fsp3) is 0. The third-order valence-electron chi connectivity index (χ3n) is 9.01. The number of benzene rings is 7. The second-order valence-corrected chi connectivity index (χ2v) is 11.9. The lowest BCUT2D eigenvalue weighted by Gasteiger charge is -2.12. The maximum atomic E-state index is 5.12. The monoisotopic (exact) mass is 599 g/mol. The Morgan fingerprint density at radius 3 is 1.64 bits per heavy atom. The standard InChI is InChI=1S/C44H29N3/c1-4-12-30(13-5-1)31-20-24-36(25-21-31)47-41-19-11-10-18-37(41)38-26-22-35(29-42(38)47)34-23-27-40-39(28-34)43(32-14-6-2-7-15-32)46-44(45-40)33-16-8-3-9-17-33/h1-29H. The molecule has 0 saturated carbocycles. The van der Waals surface area contributed by atoms with Gasteiger partial charge in [0.15, 0.2) is 5.82 Å². The Balaban J connectivity index is 1.21. The molecular weight excluding hydrogens is 571 g/mol. The zero-order valence-corrected chi connectivity index (χ0v) is 25.6. The zero-order valence-electron chi connectivity index (χ0n) is 25.6. The van der Waals surface area contributed by atoms with Gasteiger partial charge in [-0.2, -0.15) is 0 Å². The van der Waals surface area contributed by atoms with Gasteiger partial charge in [0.05, 0.1) is 22.2 Å². The Kier molecular flexibility index (Phi) is 6.46. The van der Waals surface area contributed by atoms with Crippen molar-refractivity contribution in [2.75, 3.05) is 0 Å². The van der Waals surface area contributed by atoms with Gasteiger partial charge in [0.2, 0.25) is 0 Å². The molecular formula is C44H29N3. The number of nitrogens with zero attached hydrogens (tertiary/aromatic N) is 3. The highest BCUT2D eigenvalue weighted by molar-refractivity contribution is 6.10. The molecule has 0 bridgehead atoms. The Bertz CT molecular complexity index is 2530. The molecule has 0 radical (unpaired) electrons. The van der Waals surface area contributed by atoms with Crippen LogP contribution in [0.1, 0.15) is 0 Å². The number of hydrogen-bond acceptors (Lipinski definition) is 2. The topological polar surface area (TPSA) is 30.7 Å². The van der Waals surface area contributed by atoms with Crippen LogP contribution >= 0.6 is 0 Å². The molecule has 0 aliphatic heterocycles. The van der Waals surface area contributed by atoms with Gasteiger partial charge in [-0.15, -0.1) is 0 Å². The van der Waals surface area contributed by atoms with E-state index in [0.29, 0.717) is 0 Å². The summed E-state index contributed by atoms with van der Waals surface area (Å²) in [6, 6.07) is 62.1. The predicted octanol–water partition coefficient (Wildman–Crippen LogP) is 11.4. The summed E-state index contributed by atoms with van der Waals surface area (Å²) in [6.45, 7) is 0. The van der Waals surface area contributed by atoms with Gasteiger partial charge >= 0.3 is 0 Å². The predicted molar refractivity (Wildman–Crippen MR) is 196 cm³/mol. The van der Waals surface area contributed by atoms with E-state index in [1.54, 1.807) is 0 Å². The molecule has 0 unspecified atom stereocenters. The maximum Gasteiger partial charge on any atom is 0.160 e. The van der Waals surface area contributed by atoms with Crippen molar-refractivity contribution in [1.29, 1.82) is 0 Å². The fourth-order valence-electron chi connectivity index (χ4n) is 6.70. The lowest BCUT2D eigenvalue weighted by atomic mass is 9.99. The van der Waals surface area contributed by atoms with E-state index in [1.165, 1.54) is 32.9 Å². The summed E-state index contributed by atoms with van der Waals surface area (Å²) in [7, 11) is 0. The molecule has 0 saturated heterocycles. The lowest BCUT2D eigenvalue weighted by molar-refractivity contribution is 1.18. The molecule has 47 heavy (non-hydrogen) atoms. The van der Waals surface area contributed by atoms with Crippen LogP contribution in [0.2, 0.25) is 0 Å². The molecule has 7 aromatic carbocycles. The largest absolute Gasteiger partial charge is 0.309 e. The van der Waals surface area contributed by atoms with E-state index in [0.717, 1.165) is 50.4 Å². The normalized spacial score (nSPS) is 11.4. The summed E-state index contributed by atoms with van der Waals surface area (Å²) >= 11 is 0. The Hall–Kier alpha value is -6.32. The molecule has 0 amide bonds. The second kappa shape index (κ2) is 11.2. The molecule has 0 N–H and O–H groups in total. The Labute approximate surface area is 273 Å². The van der Waals surface area contributed by atoms with Gasteiger partial charge in [0.1, 0.15) is 0 Å². The van der Waals surface area contributed by atoms with Crippen LogP contribution in [0, 0.1) is 0 Å². The molecule has 0 aliphatic carbocycles. The summed E-state index contributed by atoms with van der Waals surface area (Å²) in [6.07, 6.45) is 0. The van der Waals surface area contributed by atoms with Crippen molar-refractivity contribution in [1.82, 2.24) is 14.5 Å². The molecule has 3 nitrogen and oxygen atoms in total. The molecule has 9 aromatic rings. The van der Waals surface area contributed by atoms with E-state index in [4.69, 9.17) is 9.97 Å². The summed E-state index contributed by atoms with van der Waals surface area (Å²) < 4.78 is 2.38. The van der Waals surface area contributed by atoms with Crippen LogP contribution in [0.3, 0.4) is 0 Å². The van der Waals surface area contributed by atoms with Crippen LogP contribution < -0.4 is 0 Å². The zero-order chi connectivity index (χ0) is 31.2. The van der Waals surface area contributed by atoms with E-state index in [2.05, 4.69) is 156 Å². The fourth-order valence-corrected chi connectivity index (χ4v) is 6.70. The molecule has 0 fully saturated rings. The van der Waals surface area contributed by atoms with Gasteiger partial charge in [-0.3, -0.25) is 0 Å². The Morgan fingerprint density at radius 1 is 0.340 bits per heavy atom. The van der Waals surface area contributed by atoms with Gasteiger partial charge in [-0.25, -0.2) is 9.97 Å². The van der Waals surface area contributed by atoms with E-state index in [9.17, 15) is 0 Å². The maximum absolute atomic E-state index is 5.12. The van der Waals surface area contributed by atoms with Crippen LogP contribution in [-0.4, -0.2) is 14.5 Å². The minimum absolute atomic E-state index is 0.730. The molecule has 2 aromatic heterocycles.